The molecule has 0 aromatic heterocycles. The maximum atomic E-state index is 12.4. The molecule has 1 aliphatic carbocycles. The third-order valence-corrected chi connectivity index (χ3v) is 4.97. The highest BCUT2D eigenvalue weighted by atomic mass is 32.1. The first-order chi connectivity index (χ1) is 15.2. The number of nitrogens with zero attached hydrogens (tertiary/aromatic N) is 1. The quantitative estimate of drug-likeness (QED) is 0.356. The average Bonchev–Trinajstić information content (AvgIpc) is 3.57. The van der Waals surface area contributed by atoms with E-state index in [1.165, 1.54) is 12.6 Å². The maximum absolute atomic E-state index is 12.4. The number of alkyl halides is 2. The lowest BCUT2D eigenvalue weighted by atomic mass is 9.95. The van der Waals surface area contributed by atoms with Gasteiger partial charge in [0.25, 0.3) is 0 Å². The Morgan fingerprint density at radius 3 is 2.22 bits per heavy atom. The Morgan fingerprint density at radius 2 is 1.78 bits per heavy atom. The zero-order valence-electron chi connectivity index (χ0n) is 19.4. The van der Waals surface area contributed by atoms with Crippen molar-refractivity contribution in [2.45, 2.75) is 56.6 Å². The molecule has 2 aromatic carbocycles. The fraction of sp³-hybridized carbons (Fsp3) is 0.458. The molecular weight excluding hydrogens is 432 g/mol. The lowest BCUT2D eigenvalue weighted by Gasteiger charge is -2.18. The molecule has 178 valence electrons. The van der Waals surface area contributed by atoms with E-state index < -0.39 is 6.61 Å². The van der Waals surface area contributed by atoms with Gasteiger partial charge in [-0.15, -0.1) is 12.6 Å². The maximum Gasteiger partial charge on any atom is 0.387 e. The predicted octanol–water partition coefficient (Wildman–Crippen LogP) is 5.47. The molecule has 0 heterocycles. The number of rotatable bonds is 8. The molecule has 32 heavy (non-hydrogen) atoms. The molecule has 8 heteroatoms. The molecule has 0 unspecified atom stereocenters. The van der Waals surface area contributed by atoms with Crippen LogP contribution < -0.4 is 15.8 Å². The fourth-order valence-corrected chi connectivity index (χ4v) is 3.34. The van der Waals surface area contributed by atoms with E-state index in [4.69, 9.17) is 0 Å². The Bertz CT molecular complexity index is 803. The normalized spacial score (nSPS) is 12.6. The van der Waals surface area contributed by atoms with E-state index in [2.05, 4.69) is 59.5 Å². The van der Waals surface area contributed by atoms with Crippen LogP contribution in [0.2, 0.25) is 0 Å². The van der Waals surface area contributed by atoms with Crippen LogP contribution in [0.4, 0.5) is 14.5 Å². The number of nitrogens with one attached hydrogen (secondary N) is 1. The van der Waals surface area contributed by atoms with Gasteiger partial charge in [-0.25, -0.2) is 0 Å². The molecule has 0 spiro atoms. The third-order valence-electron chi connectivity index (χ3n) is 4.68. The van der Waals surface area contributed by atoms with Crippen molar-refractivity contribution in [2.24, 2.45) is 5.73 Å². The first-order valence-corrected chi connectivity index (χ1v) is 11.0. The minimum Gasteiger partial charge on any atom is -0.435 e. The summed E-state index contributed by atoms with van der Waals surface area (Å²) in [5.74, 6) is 0.611. The van der Waals surface area contributed by atoms with Crippen LogP contribution in [0.1, 0.15) is 55.2 Å². The smallest absolute Gasteiger partial charge is 0.387 e. The van der Waals surface area contributed by atoms with Gasteiger partial charge in [-0.3, -0.25) is 4.79 Å². The Morgan fingerprint density at radius 1 is 1.19 bits per heavy atom. The standard InChI is InChI=1S/C14H17F2NO2.C9H13NS.CH5N/c1-8(2)11-5-10(19-14(15)16)6-12(9-3-4-9)13(11)17-7-18;1-10(2)7-8-3-5-9(11)6-4-8;1-2/h5-9,14H,3-4H2,1-2H3,(H,17,18);3-6,11H,7H2,1-2H3;2H2,1H3. The van der Waals surface area contributed by atoms with E-state index in [1.807, 2.05) is 26.0 Å². The van der Waals surface area contributed by atoms with Crippen LogP contribution in [0, 0.1) is 0 Å². The average molecular weight is 468 g/mol. The summed E-state index contributed by atoms with van der Waals surface area (Å²) in [6.45, 7) is 2.06. The van der Waals surface area contributed by atoms with Crippen molar-refractivity contribution in [3.05, 3.63) is 53.1 Å². The lowest BCUT2D eigenvalue weighted by Crippen LogP contribution is -2.10. The number of nitrogens with two attached hydrogens (primary N) is 1. The highest BCUT2D eigenvalue weighted by Crippen LogP contribution is 2.47. The first-order valence-electron chi connectivity index (χ1n) is 10.5. The molecule has 5 nitrogen and oxygen atoms in total. The van der Waals surface area contributed by atoms with Crippen LogP contribution in [0.25, 0.3) is 0 Å². The molecule has 2 aromatic rings. The molecule has 1 aliphatic rings. The number of thiol groups is 1. The summed E-state index contributed by atoms with van der Waals surface area (Å²) in [6, 6.07) is 11.4. The van der Waals surface area contributed by atoms with Gasteiger partial charge in [0.05, 0.1) is 0 Å². The van der Waals surface area contributed by atoms with Gasteiger partial charge >= 0.3 is 6.61 Å². The van der Waals surface area contributed by atoms with Gasteiger partial charge < -0.3 is 20.7 Å². The number of amides is 1. The summed E-state index contributed by atoms with van der Waals surface area (Å²) < 4.78 is 29.2. The largest absolute Gasteiger partial charge is 0.435 e. The van der Waals surface area contributed by atoms with Gasteiger partial charge in [0, 0.05) is 17.1 Å². The van der Waals surface area contributed by atoms with E-state index in [9.17, 15) is 13.6 Å². The van der Waals surface area contributed by atoms with Gasteiger partial charge in [0.1, 0.15) is 5.75 Å². The van der Waals surface area contributed by atoms with Crippen LogP contribution in [0.15, 0.2) is 41.3 Å². The van der Waals surface area contributed by atoms with Gasteiger partial charge in [-0.1, -0.05) is 26.0 Å². The second-order valence-corrected chi connectivity index (χ2v) is 8.47. The van der Waals surface area contributed by atoms with Crippen molar-refractivity contribution in [3.8, 4) is 5.75 Å². The summed E-state index contributed by atoms with van der Waals surface area (Å²) in [4.78, 5) is 13.9. The van der Waals surface area contributed by atoms with Crippen molar-refractivity contribution in [2.75, 3.05) is 26.5 Å². The van der Waals surface area contributed by atoms with Crippen LogP contribution in [-0.2, 0) is 11.3 Å². The second-order valence-electron chi connectivity index (χ2n) is 7.95. The van der Waals surface area contributed by atoms with Crippen LogP contribution >= 0.6 is 12.6 Å². The van der Waals surface area contributed by atoms with Crippen LogP contribution in [0.3, 0.4) is 0 Å². The van der Waals surface area contributed by atoms with E-state index in [0.29, 0.717) is 12.3 Å². The number of hydrogen-bond donors (Lipinski definition) is 3. The van der Waals surface area contributed by atoms with Crippen LogP contribution in [-0.4, -0.2) is 39.1 Å². The minimum atomic E-state index is -2.84. The number of ether oxygens (including phenoxy) is 1. The molecule has 0 aliphatic heterocycles. The van der Waals surface area contributed by atoms with Crippen molar-refractivity contribution >= 4 is 24.7 Å². The molecule has 0 atom stereocenters. The highest BCUT2D eigenvalue weighted by molar-refractivity contribution is 7.80. The lowest BCUT2D eigenvalue weighted by molar-refractivity contribution is -0.105. The number of benzene rings is 2. The summed E-state index contributed by atoms with van der Waals surface area (Å²) >= 11 is 4.21. The highest BCUT2D eigenvalue weighted by Gasteiger charge is 2.29. The molecule has 1 fully saturated rings. The van der Waals surface area contributed by atoms with Crippen molar-refractivity contribution in [1.29, 1.82) is 0 Å². The van der Waals surface area contributed by atoms with Crippen LogP contribution in [0.5, 0.6) is 5.75 Å². The summed E-state index contributed by atoms with van der Waals surface area (Å²) in [5.41, 5.74) is 8.29. The Kier molecular flexibility index (Phi) is 12.3. The SMILES string of the molecule is CC(C)c1cc(OC(F)F)cc(C2CC2)c1NC=O.CN.CN(C)Cc1ccc(S)cc1. The van der Waals surface area contributed by atoms with Crippen molar-refractivity contribution < 1.29 is 18.3 Å². The zero-order valence-corrected chi connectivity index (χ0v) is 20.3. The molecule has 0 bridgehead atoms. The minimum absolute atomic E-state index is 0.112. The van der Waals surface area contributed by atoms with Crippen molar-refractivity contribution in [1.82, 2.24) is 4.90 Å². The van der Waals surface area contributed by atoms with Gasteiger partial charge in [0.2, 0.25) is 6.41 Å². The van der Waals surface area contributed by atoms with E-state index in [0.717, 1.165) is 41.1 Å². The Hall–Kier alpha value is -2.16. The third kappa shape index (κ3) is 9.54. The Labute approximate surface area is 195 Å². The summed E-state index contributed by atoms with van der Waals surface area (Å²) in [5, 5.41) is 2.70. The second kappa shape index (κ2) is 14.1. The number of anilines is 1. The van der Waals surface area contributed by atoms with Gasteiger partial charge in [0.15, 0.2) is 0 Å². The molecule has 0 saturated heterocycles. The molecule has 0 radical (unpaired) electrons. The number of hydrogen-bond acceptors (Lipinski definition) is 5. The monoisotopic (exact) mass is 467 g/mol. The molecule has 3 rings (SSSR count). The molecule has 1 amide bonds. The Balaban J connectivity index is 0.000000335. The van der Waals surface area contributed by atoms with Gasteiger partial charge in [-0.05, 0) is 86.8 Å². The number of carbonyl (C=O) groups excluding carboxylic acids is 1. The topological polar surface area (TPSA) is 67.6 Å². The van der Waals surface area contributed by atoms with Gasteiger partial charge in [-0.2, -0.15) is 8.78 Å². The van der Waals surface area contributed by atoms with E-state index >= 15 is 0 Å². The fourth-order valence-electron chi connectivity index (χ4n) is 3.19. The van der Waals surface area contributed by atoms with E-state index in [1.54, 1.807) is 12.1 Å². The molecule has 1 saturated carbocycles. The number of carbonyl (C=O) groups is 1. The summed E-state index contributed by atoms with van der Waals surface area (Å²) in [6.07, 6.45) is 2.66. The van der Waals surface area contributed by atoms with Crippen molar-refractivity contribution in [3.63, 3.8) is 0 Å². The number of halogens is 2. The molecule has 3 N–H and O–H groups in total. The summed E-state index contributed by atoms with van der Waals surface area (Å²) in [7, 11) is 5.63. The first kappa shape index (κ1) is 27.9. The zero-order chi connectivity index (χ0) is 24.3. The van der Waals surface area contributed by atoms with E-state index in [-0.39, 0.29) is 11.7 Å². The predicted molar refractivity (Wildman–Crippen MR) is 130 cm³/mol. The molecular formula is C24H35F2N3O2S.